The number of rotatable bonds is 4. The van der Waals surface area contributed by atoms with E-state index >= 15 is 0 Å². The van der Waals surface area contributed by atoms with Crippen LogP contribution >= 0.6 is 0 Å². The molecule has 49 valence electrons. The van der Waals surface area contributed by atoms with E-state index in [-0.39, 0.29) is 6.04 Å². The van der Waals surface area contributed by atoms with Crippen LogP contribution in [0.25, 0.3) is 0 Å². The fourth-order valence-corrected chi connectivity index (χ4v) is 0.560. The van der Waals surface area contributed by atoms with Crippen molar-refractivity contribution in [1.82, 2.24) is 0 Å². The summed E-state index contributed by atoms with van der Waals surface area (Å²) in [6.45, 7) is 4.32. The fraction of sp³-hybridized carbons (Fsp3) is 0.833. The van der Waals surface area contributed by atoms with Gasteiger partial charge in [-0.3, -0.25) is 0 Å². The van der Waals surface area contributed by atoms with Crippen LogP contribution in [0.2, 0.25) is 0 Å². The normalized spacial score (nSPS) is 13.9. The molecule has 0 heterocycles. The van der Waals surface area contributed by atoms with Gasteiger partial charge in [-0.1, -0.05) is 13.3 Å². The molecular weight excluding hydrogens is 102 g/mol. The lowest BCUT2D eigenvalue weighted by Gasteiger charge is -2.06. The second kappa shape index (κ2) is 5.06. The summed E-state index contributed by atoms with van der Waals surface area (Å²) in [7, 11) is 1.66. The van der Waals surface area contributed by atoms with Gasteiger partial charge in [-0.25, -0.2) is 0 Å². The number of hydrogen-bond donors (Lipinski definition) is 1. The predicted octanol–water partition coefficient (Wildman–Crippen LogP) is 0.574. The van der Waals surface area contributed by atoms with Gasteiger partial charge in [0.05, 0.1) is 6.61 Å². The molecule has 0 amide bonds. The second-order valence-electron chi connectivity index (χ2n) is 1.86. The van der Waals surface area contributed by atoms with E-state index < -0.39 is 0 Å². The Morgan fingerprint density at radius 2 is 2.38 bits per heavy atom. The fourth-order valence-electron chi connectivity index (χ4n) is 0.560. The maximum atomic E-state index is 5.53. The lowest BCUT2D eigenvalue weighted by molar-refractivity contribution is 0.177. The molecular formula is C6H14NO. The van der Waals surface area contributed by atoms with E-state index in [1.54, 1.807) is 7.11 Å². The molecule has 0 spiro atoms. The molecule has 8 heavy (non-hydrogen) atoms. The third-order valence-corrected chi connectivity index (χ3v) is 0.956. The molecule has 0 aliphatic rings. The van der Waals surface area contributed by atoms with E-state index in [9.17, 15) is 0 Å². The minimum Gasteiger partial charge on any atom is -0.383 e. The van der Waals surface area contributed by atoms with E-state index in [0.717, 1.165) is 12.8 Å². The zero-order valence-electron chi connectivity index (χ0n) is 5.39. The summed E-state index contributed by atoms with van der Waals surface area (Å²) in [4.78, 5) is 0. The molecule has 0 aliphatic carbocycles. The summed E-state index contributed by atoms with van der Waals surface area (Å²) in [5.41, 5.74) is 5.53. The van der Waals surface area contributed by atoms with Crippen LogP contribution in [0.15, 0.2) is 0 Å². The molecule has 0 fully saturated rings. The van der Waals surface area contributed by atoms with E-state index in [4.69, 9.17) is 10.5 Å². The van der Waals surface area contributed by atoms with Crippen LogP contribution in [0, 0.1) is 6.92 Å². The maximum Gasteiger partial charge on any atom is 0.0613 e. The Labute approximate surface area is 51.0 Å². The van der Waals surface area contributed by atoms with Crippen molar-refractivity contribution >= 4 is 0 Å². The summed E-state index contributed by atoms with van der Waals surface area (Å²) >= 11 is 0. The average molecular weight is 116 g/mol. The first-order valence-corrected chi connectivity index (χ1v) is 2.85. The van der Waals surface area contributed by atoms with Crippen LogP contribution in [0.3, 0.4) is 0 Å². The topological polar surface area (TPSA) is 35.2 Å². The van der Waals surface area contributed by atoms with Gasteiger partial charge < -0.3 is 10.5 Å². The van der Waals surface area contributed by atoms with Gasteiger partial charge in [0.15, 0.2) is 0 Å². The van der Waals surface area contributed by atoms with Gasteiger partial charge in [0, 0.05) is 13.2 Å². The van der Waals surface area contributed by atoms with Gasteiger partial charge in [-0.05, 0) is 6.42 Å². The summed E-state index contributed by atoms with van der Waals surface area (Å²) in [5.74, 6) is 0. The van der Waals surface area contributed by atoms with Gasteiger partial charge in [0.1, 0.15) is 0 Å². The van der Waals surface area contributed by atoms with Gasteiger partial charge in [0.25, 0.3) is 0 Å². The summed E-state index contributed by atoms with van der Waals surface area (Å²) in [5, 5.41) is 0. The summed E-state index contributed by atoms with van der Waals surface area (Å²) < 4.78 is 4.80. The summed E-state index contributed by atoms with van der Waals surface area (Å²) in [6.07, 6.45) is 1.85. The quantitative estimate of drug-likeness (QED) is 0.583. The van der Waals surface area contributed by atoms with Gasteiger partial charge in [-0.15, -0.1) is 0 Å². The molecule has 0 rings (SSSR count). The molecule has 0 aromatic rings. The SMILES string of the molecule is [CH2]CCC(N)COC. The molecule has 1 unspecified atom stereocenters. The lowest BCUT2D eigenvalue weighted by atomic mass is 10.2. The van der Waals surface area contributed by atoms with Crippen molar-refractivity contribution in [3.63, 3.8) is 0 Å². The molecule has 0 bridgehead atoms. The Hall–Kier alpha value is -0.0800. The van der Waals surface area contributed by atoms with E-state index in [1.807, 2.05) is 0 Å². The molecule has 0 saturated carbocycles. The highest BCUT2D eigenvalue weighted by atomic mass is 16.5. The van der Waals surface area contributed by atoms with Crippen LogP contribution in [0.1, 0.15) is 12.8 Å². The highest BCUT2D eigenvalue weighted by Crippen LogP contribution is 1.91. The minimum atomic E-state index is 0.178. The first kappa shape index (κ1) is 7.92. The van der Waals surface area contributed by atoms with Crippen LogP contribution in [-0.2, 0) is 4.74 Å². The first-order valence-electron chi connectivity index (χ1n) is 2.85. The van der Waals surface area contributed by atoms with Crippen molar-refractivity contribution in [2.45, 2.75) is 18.9 Å². The molecule has 0 saturated heterocycles. The number of methoxy groups -OCH3 is 1. The highest BCUT2D eigenvalue weighted by molar-refractivity contribution is 4.59. The smallest absolute Gasteiger partial charge is 0.0613 e. The third kappa shape index (κ3) is 4.09. The van der Waals surface area contributed by atoms with E-state index in [0.29, 0.717) is 6.61 Å². The molecule has 0 aromatic carbocycles. The first-order chi connectivity index (χ1) is 3.81. The standard InChI is InChI=1S/C6H14NO/c1-3-4-6(7)5-8-2/h6H,1,3-5,7H2,2H3. The second-order valence-corrected chi connectivity index (χ2v) is 1.86. The molecule has 0 aliphatic heterocycles. The van der Waals surface area contributed by atoms with E-state index in [2.05, 4.69) is 6.92 Å². The molecule has 2 nitrogen and oxygen atoms in total. The highest BCUT2D eigenvalue weighted by Gasteiger charge is 1.96. The molecule has 2 heteroatoms. The minimum absolute atomic E-state index is 0.178. The van der Waals surface area contributed by atoms with Crippen molar-refractivity contribution < 1.29 is 4.74 Å². The van der Waals surface area contributed by atoms with Crippen molar-refractivity contribution in [2.75, 3.05) is 13.7 Å². The Morgan fingerprint density at radius 3 is 2.75 bits per heavy atom. The van der Waals surface area contributed by atoms with Crippen LogP contribution in [0.4, 0.5) is 0 Å². The van der Waals surface area contributed by atoms with Gasteiger partial charge >= 0.3 is 0 Å². The number of ether oxygens (including phenoxy) is 1. The largest absolute Gasteiger partial charge is 0.383 e. The van der Waals surface area contributed by atoms with Crippen LogP contribution in [-0.4, -0.2) is 19.8 Å². The summed E-state index contributed by atoms with van der Waals surface area (Å²) in [6, 6.07) is 0.178. The molecule has 1 radical (unpaired) electrons. The zero-order valence-corrected chi connectivity index (χ0v) is 5.39. The predicted molar refractivity (Wildman–Crippen MR) is 34.4 cm³/mol. The van der Waals surface area contributed by atoms with E-state index in [1.165, 1.54) is 0 Å². The maximum absolute atomic E-state index is 5.53. The Balaban J connectivity index is 2.92. The molecule has 1 atom stereocenters. The van der Waals surface area contributed by atoms with Crippen molar-refractivity contribution in [3.05, 3.63) is 6.92 Å². The average Bonchev–Trinajstić information content (AvgIpc) is 1.68. The number of hydrogen-bond acceptors (Lipinski definition) is 2. The van der Waals surface area contributed by atoms with Crippen molar-refractivity contribution in [1.29, 1.82) is 0 Å². The third-order valence-electron chi connectivity index (χ3n) is 0.956. The van der Waals surface area contributed by atoms with Crippen LogP contribution in [0.5, 0.6) is 0 Å². The van der Waals surface area contributed by atoms with Gasteiger partial charge in [0.2, 0.25) is 0 Å². The zero-order chi connectivity index (χ0) is 6.41. The van der Waals surface area contributed by atoms with Crippen LogP contribution < -0.4 is 5.73 Å². The molecule has 2 N–H and O–H groups in total. The Bertz CT molecular complexity index is 41.8. The lowest BCUT2D eigenvalue weighted by Crippen LogP contribution is -2.24. The monoisotopic (exact) mass is 116 g/mol. The van der Waals surface area contributed by atoms with Crippen molar-refractivity contribution in [3.8, 4) is 0 Å². The number of nitrogens with two attached hydrogens (primary N) is 1. The Kier molecular flexibility index (Phi) is 5.01. The molecule has 0 aromatic heterocycles. The van der Waals surface area contributed by atoms with Gasteiger partial charge in [-0.2, -0.15) is 0 Å². The van der Waals surface area contributed by atoms with Crippen molar-refractivity contribution in [2.24, 2.45) is 5.73 Å². The Morgan fingerprint density at radius 1 is 1.75 bits per heavy atom.